The molecule has 0 bridgehead atoms. The van der Waals surface area contributed by atoms with Crippen LogP contribution in [-0.2, 0) is 4.79 Å². The highest BCUT2D eigenvalue weighted by atomic mass is 79.9. The van der Waals surface area contributed by atoms with E-state index in [1.54, 1.807) is 24.3 Å². The number of benzene rings is 1. The smallest absolute Gasteiger partial charge is 0.319 e. The second-order valence-corrected chi connectivity index (χ2v) is 5.68. The Kier molecular flexibility index (Phi) is 9.45. The van der Waals surface area contributed by atoms with Crippen molar-refractivity contribution < 1.29 is 14.7 Å². The Morgan fingerprint density at radius 1 is 1.20 bits per heavy atom. The summed E-state index contributed by atoms with van der Waals surface area (Å²) in [5, 5.41) is 13.4. The van der Waals surface area contributed by atoms with Gasteiger partial charge in [0.2, 0.25) is 0 Å². The summed E-state index contributed by atoms with van der Waals surface area (Å²) in [4.78, 5) is 21.5. The van der Waals surface area contributed by atoms with Crippen molar-refractivity contribution in [1.82, 2.24) is 5.32 Å². The first-order chi connectivity index (χ1) is 9.31. The minimum atomic E-state index is -0.941. The number of amides is 2. The largest absolute Gasteiger partial charge is 0.481 e. The van der Waals surface area contributed by atoms with Gasteiger partial charge in [0, 0.05) is 16.7 Å². The third kappa shape index (κ3) is 11.5. The number of carbonyl (C=O) groups is 2. The van der Waals surface area contributed by atoms with Crippen molar-refractivity contribution in [2.45, 2.75) is 27.2 Å². The number of carboxylic acids is 1. The monoisotopic (exact) mass is 344 g/mol. The molecule has 20 heavy (non-hydrogen) atoms. The zero-order valence-electron chi connectivity index (χ0n) is 11.9. The number of anilines is 1. The van der Waals surface area contributed by atoms with E-state index in [2.05, 4.69) is 47.3 Å². The van der Waals surface area contributed by atoms with Gasteiger partial charge in [-0.2, -0.15) is 0 Å². The number of rotatable bonds is 4. The van der Waals surface area contributed by atoms with Crippen LogP contribution in [0.4, 0.5) is 10.5 Å². The minimum absolute atomic E-state index is 0.0895. The Morgan fingerprint density at radius 2 is 1.70 bits per heavy atom. The fourth-order valence-corrected chi connectivity index (χ4v) is 1.26. The van der Waals surface area contributed by atoms with Crippen LogP contribution in [0, 0.1) is 5.92 Å². The van der Waals surface area contributed by atoms with Gasteiger partial charge in [0.1, 0.15) is 0 Å². The summed E-state index contributed by atoms with van der Waals surface area (Å²) >= 11 is 3.28. The fraction of sp³-hybridized carbons (Fsp3) is 0.429. The van der Waals surface area contributed by atoms with Crippen LogP contribution < -0.4 is 10.6 Å². The molecule has 5 nitrogen and oxygen atoms in total. The van der Waals surface area contributed by atoms with E-state index in [1.807, 2.05) is 0 Å². The average molecular weight is 345 g/mol. The second-order valence-electron chi connectivity index (χ2n) is 4.76. The second kappa shape index (κ2) is 10.3. The van der Waals surface area contributed by atoms with Crippen LogP contribution in [0.3, 0.4) is 0 Å². The van der Waals surface area contributed by atoms with Crippen LogP contribution in [0.25, 0.3) is 0 Å². The Labute approximate surface area is 127 Å². The highest BCUT2D eigenvalue weighted by Crippen LogP contribution is 2.13. The van der Waals surface area contributed by atoms with Gasteiger partial charge in [-0.05, 0) is 30.2 Å². The number of hydrogen-bond donors (Lipinski definition) is 3. The van der Waals surface area contributed by atoms with E-state index in [9.17, 15) is 9.59 Å². The molecule has 0 spiro atoms. The van der Waals surface area contributed by atoms with Gasteiger partial charge in [0.25, 0.3) is 0 Å². The number of hydrogen-bond acceptors (Lipinski definition) is 2. The standard InChI is InChI=1S/C10H11BrN2O3.C4H10/c11-7-1-3-8(4-2-7)13-10(16)12-6-5-9(14)15;1-4(2)3/h1-4H,5-6H2,(H,14,15)(H2,12,13,16);4H,1-3H3. The fourth-order valence-electron chi connectivity index (χ4n) is 0.991. The number of urea groups is 1. The Bertz CT molecular complexity index is 416. The van der Waals surface area contributed by atoms with Crippen molar-refractivity contribution in [3.05, 3.63) is 28.7 Å². The van der Waals surface area contributed by atoms with E-state index in [1.165, 1.54) is 0 Å². The molecule has 1 aromatic carbocycles. The van der Waals surface area contributed by atoms with Crippen LogP contribution in [0.5, 0.6) is 0 Å². The van der Waals surface area contributed by atoms with Gasteiger partial charge < -0.3 is 15.7 Å². The summed E-state index contributed by atoms with van der Waals surface area (Å²) < 4.78 is 0.921. The van der Waals surface area contributed by atoms with Crippen molar-refractivity contribution in [3.8, 4) is 0 Å². The third-order valence-corrected chi connectivity index (χ3v) is 2.26. The molecule has 0 atom stereocenters. The number of carboxylic acid groups (broad SMARTS) is 1. The van der Waals surface area contributed by atoms with Crippen LogP contribution in [-0.4, -0.2) is 23.7 Å². The van der Waals surface area contributed by atoms with Gasteiger partial charge in [-0.15, -0.1) is 0 Å². The maximum atomic E-state index is 11.3. The molecule has 0 aromatic heterocycles. The zero-order valence-corrected chi connectivity index (χ0v) is 13.5. The van der Waals surface area contributed by atoms with Gasteiger partial charge in [-0.1, -0.05) is 36.7 Å². The highest BCUT2D eigenvalue weighted by molar-refractivity contribution is 9.10. The molecular formula is C14H21BrN2O3. The topological polar surface area (TPSA) is 78.4 Å². The molecule has 0 unspecified atom stereocenters. The average Bonchev–Trinajstić information content (AvgIpc) is 2.31. The van der Waals surface area contributed by atoms with Crippen molar-refractivity contribution in [2.75, 3.05) is 11.9 Å². The lowest BCUT2D eigenvalue weighted by molar-refractivity contribution is -0.136. The van der Waals surface area contributed by atoms with Crippen molar-refractivity contribution in [3.63, 3.8) is 0 Å². The highest BCUT2D eigenvalue weighted by Gasteiger charge is 2.02. The number of nitrogens with one attached hydrogen (secondary N) is 2. The van der Waals surface area contributed by atoms with Gasteiger partial charge in [0.15, 0.2) is 0 Å². The summed E-state index contributed by atoms with van der Waals surface area (Å²) in [7, 11) is 0. The molecule has 112 valence electrons. The first kappa shape index (κ1) is 18.4. The van der Waals surface area contributed by atoms with Gasteiger partial charge in [-0.3, -0.25) is 4.79 Å². The van der Waals surface area contributed by atoms with Crippen LogP contribution in [0.15, 0.2) is 28.7 Å². The normalized spacial score (nSPS) is 9.45. The van der Waals surface area contributed by atoms with Crippen LogP contribution in [0.1, 0.15) is 27.2 Å². The van der Waals surface area contributed by atoms with E-state index >= 15 is 0 Å². The predicted octanol–water partition coefficient (Wildman–Crippen LogP) is 3.71. The van der Waals surface area contributed by atoms with Crippen LogP contribution in [0.2, 0.25) is 0 Å². The molecule has 1 aromatic rings. The molecule has 1 rings (SSSR count). The first-order valence-electron chi connectivity index (χ1n) is 6.33. The molecule has 0 aliphatic carbocycles. The first-order valence-corrected chi connectivity index (χ1v) is 7.12. The molecule has 0 saturated carbocycles. The van der Waals surface area contributed by atoms with E-state index in [-0.39, 0.29) is 13.0 Å². The van der Waals surface area contributed by atoms with E-state index < -0.39 is 12.0 Å². The SMILES string of the molecule is CC(C)C.O=C(O)CCNC(=O)Nc1ccc(Br)cc1. The van der Waals surface area contributed by atoms with E-state index in [0.29, 0.717) is 5.69 Å². The summed E-state index contributed by atoms with van der Waals surface area (Å²) in [5.41, 5.74) is 0.649. The maximum absolute atomic E-state index is 11.3. The van der Waals surface area contributed by atoms with E-state index in [4.69, 9.17) is 5.11 Å². The molecule has 0 radical (unpaired) electrons. The lowest BCUT2D eigenvalue weighted by Gasteiger charge is -2.06. The van der Waals surface area contributed by atoms with Gasteiger partial charge in [-0.25, -0.2) is 4.79 Å². The lowest BCUT2D eigenvalue weighted by Crippen LogP contribution is -2.30. The maximum Gasteiger partial charge on any atom is 0.319 e. The number of halogens is 1. The van der Waals surface area contributed by atoms with Crippen molar-refractivity contribution >= 4 is 33.6 Å². The number of carbonyl (C=O) groups excluding carboxylic acids is 1. The van der Waals surface area contributed by atoms with E-state index in [0.717, 1.165) is 10.4 Å². The molecule has 3 N–H and O–H groups in total. The predicted molar refractivity (Wildman–Crippen MR) is 83.9 cm³/mol. The van der Waals surface area contributed by atoms with Gasteiger partial charge in [0.05, 0.1) is 6.42 Å². The molecule has 2 amide bonds. The minimum Gasteiger partial charge on any atom is -0.481 e. The molecule has 0 aliphatic rings. The Hall–Kier alpha value is -1.56. The Balaban J connectivity index is 0.000000796. The Morgan fingerprint density at radius 3 is 2.15 bits per heavy atom. The molecule has 0 aliphatic heterocycles. The zero-order chi connectivity index (χ0) is 15.5. The third-order valence-electron chi connectivity index (χ3n) is 1.73. The van der Waals surface area contributed by atoms with Gasteiger partial charge >= 0.3 is 12.0 Å². The molecule has 0 heterocycles. The lowest BCUT2D eigenvalue weighted by atomic mass is 10.3. The summed E-state index contributed by atoms with van der Waals surface area (Å²) in [5.74, 6) is -0.107. The quantitative estimate of drug-likeness (QED) is 0.778. The molecule has 0 fully saturated rings. The van der Waals surface area contributed by atoms with Crippen molar-refractivity contribution in [2.24, 2.45) is 5.92 Å². The summed E-state index contributed by atoms with van der Waals surface area (Å²) in [6, 6.07) is 6.66. The summed E-state index contributed by atoms with van der Waals surface area (Å²) in [6.45, 7) is 6.61. The molecule has 6 heteroatoms. The number of aliphatic carboxylic acids is 1. The van der Waals surface area contributed by atoms with Crippen LogP contribution >= 0.6 is 15.9 Å². The van der Waals surface area contributed by atoms with Crippen molar-refractivity contribution in [1.29, 1.82) is 0 Å². The molecular weight excluding hydrogens is 324 g/mol. The molecule has 0 saturated heterocycles. The summed E-state index contributed by atoms with van der Waals surface area (Å²) in [6.07, 6.45) is -0.0895.